The van der Waals surface area contributed by atoms with Crippen LogP contribution in [0.15, 0.2) is 127 Å². The van der Waals surface area contributed by atoms with Crippen LogP contribution in [0.5, 0.6) is 17.2 Å². The van der Waals surface area contributed by atoms with Gasteiger partial charge >= 0.3 is 5.97 Å². The van der Waals surface area contributed by atoms with Gasteiger partial charge in [-0.2, -0.15) is 5.26 Å². The lowest BCUT2D eigenvalue weighted by Gasteiger charge is -2.38. The summed E-state index contributed by atoms with van der Waals surface area (Å²) in [5.41, 5.74) is 7.63. The first-order chi connectivity index (χ1) is 29.5. The van der Waals surface area contributed by atoms with Crippen LogP contribution >= 0.6 is 23.2 Å². The maximum atomic E-state index is 14.3. The minimum Gasteiger partial charge on any atom is -0.489 e. The maximum absolute atomic E-state index is 14.3. The minimum absolute atomic E-state index is 0.0259. The van der Waals surface area contributed by atoms with E-state index in [1.807, 2.05) is 97.9 Å². The quantitative estimate of drug-likeness (QED) is 0.132. The lowest BCUT2D eigenvalue weighted by Crippen LogP contribution is -2.56. The van der Waals surface area contributed by atoms with Crippen LogP contribution < -0.4 is 19.5 Å². The predicted octanol–water partition coefficient (Wildman–Crippen LogP) is 9.31. The van der Waals surface area contributed by atoms with E-state index < -0.39 is 30.1 Å². The summed E-state index contributed by atoms with van der Waals surface area (Å²) in [6.45, 7) is 2.48. The highest BCUT2D eigenvalue weighted by molar-refractivity contribution is 6.42. The van der Waals surface area contributed by atoms with Gasteiger partial charge in [0.25, 0.3) is 5.91 Å². The van der Waals surface area contributed by atoms with Crippen molar-refractivity contribution in [2.24, 2.45) is 0 Å². The molecule has 0 spiro atoms. The van der Waals surface area contributed by atoms with Gasteiger partial charge in [-0.1, -0.05) is 96.0 Å². The molecule has 0 aliphatic carbocycles. The number of aryl methyl sites for hydroxylation is 1. The van der Waals surface area contributed by atoms with Crippen LogP contribution in [0.2, 0.25) is 10.0 Å². The molecule has 3 unspecified atom stereocenters. The van der Waals surface area contributed by atoms with E-state index in [1.54, 1.807) is 36.4 Å². The summed E-state index contributed by atoms with van der Waals surface area (Å²) in [6.07, 6.45) is -0.256. The number of carbonyl (C=O) groups is 3. The largest absolute Gasteiger partial charge is 0.489 e. The molecule has 0 bridgehead atoms. The Hall–Kier alpha value is -6.80. The van der Waals surface area contributed by atoms with E-state index in [-0.39, 0.29) is 31.9 Å². The Kier molecular flexibility index (Phi) is 12.0. The van der Waals surface area contributed by atoms with E-state index in [9.17, 15) is 19.5 Å². The number of rotatable bonds is 11. The lowest BCUT2D eigenvalue weighted by molar-refractivity contribution is -0.142. The Labute approximate surface area is 362 Å². The number of nitrogens with zero attached hydrogens (tertiary/aromatic N) is 2. The summed E-state index contributed by atoms with van der Waals surface area (Å²) in [5.74, 6) is -0.420. The number of hydrogen-bond donors (Lipinski definition) is 2. The molecule has 0 radical (unpaired) electrons. The molecule has 10 nitrogen and oxygen atoms in total. The van der Waals surface area contributed by atoms with E-state index in [4.69, 9.17) is 42.7 Å². The molecular weight excluding hydrogens is 813 g/mol. The fourth-order valence-electron chi connectivity index (χ4n) is 7.58. The molecule has 6 aromatic rings. The minimum atomic E-state index is -1.26. The highest BCUT2D eigenvalue weighted by Crippen LogP contribution is 2.41. The van der Waals surface area contributed by atoms with Gasteiger partial charge in [-0.15, -0.1) is 0 Å². The third-order valence-electron chi connectivity index (χ3n) is 11.0. The van der Waals surface area contributed by atoms with Crippen molar-refractivity contribution in [3.63, 3.8) is 0 Å². The van der Waals surface area contributed by atoms with E-state index in [0.29, 0.717) is 50.6 Å². The number of amides is 2. The maximum Gasteiger partial charge on any atom is 0.326 e. The van der Waals surface area contributed by atoms with Gasteiger partial charge in [-0.05, 0) is 106 Å². The van der Waals surface area contributed by atoms with Crippen LogP contribution in [0.4, 0.5) is 0 Å². The number of aliphatic carboxylic acids is 1. The predicted molar refractivity (Wildman–Crippen MR) is 231 cm³/mol. The Morgan fingerprint density at radius 2 is 1.54 bits per heavy atom. The second-order valence-electron chi connectivity index (χ2n) is 15.0. The van der Waals surface area contributed by atoms with Crippen molar-refractivity contribution in [3.8, 4) is 34.4 Å². The van der Waals surface area contributed by atoms with Crippen molar-refractivity contribution in [2.45, 2.75) is 51.1 Å². The number of hydrogen-bond acceptors (Lipinski definition) is 7. The van der Waals surface area contributed by atoms with Gasteiger partial charge < -0.3 is 29.5 Å². The van der Waals surface area contributed by atoms with Crippen LogP contribution in [0.1, 0.15) is 55.4 Å². The first-order valence-corrected chi connectivity index (χ1v) is 20.4. The molecule has 3 atom stereocenters. The van der Waals surface area contributed by atoms with Crippen LogP contribution in [0.3, 0.4) is 0 Å². The number of ether oxygens (including phenoxy) is 3. The number of carboxylic acid groups (broad SMARTS) is 1. The van der Waals surface area contributed by atoms with Gasteiger partial charge in [0.15, 0.2) is 17.6 Å². The van der Waals surface area contributed by atoms with Gasteiger partial charge in [-0.3, -0.25) is 9.59 Å². The number of fused-ring (bicyclic) bond motifs is 2. The Morgan fingerprint density at radius 1 is 0.852 bits per heavy atom. The lowest BCUT2D eigenvalue weighted by atomic mass is 9.91. The summed E-state index contributed by atoms with van der Waals surface area (Å²) in [7, 11) is 0. The van der Waals surface area contributed by atoms with Crippen molar-refractivity contribution < 1.29 is 33.7 Å². The zero-order valence-corrected chi connectivity index (χ0v) is 34.5. The average molecular weight is 853 g/mol. The monoisotopic (exact) mass is 851 g/mol. The molecule has 2 aliphatic heterocycles. The molecule has 0 saturated heterocycles. The summed E-state index contributed by atoms with van der Waals surface area (Å²) < 4.78 is 18.7. The molecule has 2 heterocycles. The number of nitriles is 1. The highest BCUT2D eigenvalue weighted by atomic mass is 35.5. The normalized spacial score (nSPS) is 15.8. The van der Waals surface area contributed by atoms with Crippen molar-refractivity contribution in [1.82, 2.24) is 10.2 Å². The van der Waals surface area contributed by atoms with Crippen LogP contribution in [0.25, 0.3) is 11.1 Å². The van der Waals surface area contributed by atoms with Crippen LogP contribution in [-0.2, 0) is 35.6 Å². The first-order valence-electron chi connectivity index (χ1n) is 19.6. The molecule has 2 amide bonds. The van der Waals surface area contributed by atoms with Crippen molar-refractivity contribution in [3.05, 3.63) is 182 Å². The van der Waals surface area contributed by atoms with Gasteiger partial charge in [0.1, 0.15) is 31.0 Å². The molecule has 0 fully saturated rings. The average Bonchev–Trinajstić information content (AvgIpc) is 3.28. The molecule has 61 heavy (non-hydrogen) atoms. The van der Waals surface area contributed by atoms with Crippen molar-refractivity contribution in [2.75, 3.05) is 6.61 Å². The Bertz CT molecular complexity index is 2660. The van der Waals surface area contributed by atoms with E-state index in [2.05, 4.69) is 11.4 Å². The number of carboxylic acids is 1. The second kappa shape index (κ2) is 17.8. The third-order valence-corrected chi connectivity index (χ3v) is 11.7. The van der Waals surface area contributed by atoms with E-state index in [0.717, 1.165) is 38.9 Å². The fraction of sp³-hybridized carbons (Fsp3) is 0.184. The summed E-state index contributed by atoms with van der Waals surface area (Å²) >= 11 is 12.2. The van der Waals surface area contributed by atoms with Crippen LogP contribution in [-0.4, -0.2) is 46.5 Å². The van der Waals surface area contributed by atoms with E-state index in [1.165, 1.54) is 4.90 Å². The zero-order valence-electron chi connectivity index (χ0n) is 32.9. The smallest absolute Gasteiger partial charge is 0.326 e. The fourth-order valence-corrected chi connectivity index (χ4v) is 7.90. The molecule has 0 saturated carbocycles. The molecule has 2 N–H and O–H groups in total. The first kappa shape index (κ1) is 41.0. The second-order valence-corrected chi connectivity index (χ2v) is 15.9. The molecule has 8 rings (SSSR count). The summed E-state index contributed by atoms with van der Waals surface area (Å²) in [4.78, 5) is 42.6. The summed E-state index contributed by atoms with van der Waals surface area (Å²) in [5, 5.41) is 23.1. The third kappa shape index (κ3) is 9.19. The highest BCUT2D eigenvalue weighted by Gasteiger charge is 2.38. The number of nitrogens with one attached hydrogen (secondary N) is 1. The molecular formula is C49H39Cl2N3O7. The molecule has 0 aromatic heterocycles. The Balaban J connectivity index is 0.987. The van der Waals surface area contributed by atoms with Crippen molar-refractivity contribution in [1.29, 1.82) is 5.26 Å². The number of halogens is 2. The van der Waals surface area contributed by atoms with Gasteiger partial charge in [0, 0.05) is 24.9 Å². The van der Waals surface area contributed by atoms with Crippen LogP contribution in [0, 0.1) is 18.3 Å². The van der Waals surface area contributed by atoms with Gasteiger partial charge in [-0.25, -0.2) is 4.79 Å². The Morgan fingerprint density at radius 3 is 2.23 bits per heavy atom. The van der Waals surface area contributed by atoms with Gasteiger partial charge in [0.05, 0.1) is 21.7 Å². The molecule has 6 aromatic carbocycles. The topological polar surface area (TPSA) is 138 Å². The number of benzene rings is 6. The molecule has 2 aliphatic rings. The van der Waals surface area contributed by atoms with E-state index >= 15 is 0 Å². The molecule has 12 heteroatoms. The van der Waals surface area contributed by atoms with Gasteiger partial charge in [0.2, 0.25) is 5.91 Å². The number of carbonyl (C=O) groups excluding carboxylic acids is 2. The standard InChI is InChI=1S/C49H39Cl2N3O7/c1-29-4-2-3-5-39(29)48(56)54-26-37-24-45-44(60-28-46(61-45)35-15-17-38(18-16-35)59-27-32-10-19-40(50)41(51)20-32)23-36(37)22-43(54)47(55)53-42(49(57)58)21-30-6-11-33(12-7-30)34-13-8-31(25-52)9-14-34/h2-20,23-24,42-43,46H,21-22,26-28H2,1H3,(H,53,55)(H,57,58). The summed E-state index contributed by atoms with van der Waals surface area (Å²) in [6, 6.07) is 38.2. The van der Waals surface area contributed by atoms with Crippen molar-refractivity contribution >= 4 is 41.0 Å². The molecule has 306 valence electrons. The zero-order chi connectivity index (χ0) is 42.6. The SMILES string of the molecule is Cc1ccccc1C(=O)N1Cc2cc3c(cc2CC1C(=O)NC(Cc1ccc(-c2ccc(C#N)cc2)cc1)C(=O)O)OCC(c1ccc(OCc2ccc(Cl)c(Cl)c2)cc1)O3.